The van der Waals surface area contributed by atoms with E-state index in [1.165, 1.54) is 6.92 Å². The fourth-order valence-electron chi connectivity index (χ4n) is 2.39. The Balaban J connectivity index is 2.34. The van der Waals surface area contributed by atoms with E-state index in [-0.39, 0.29) is 24.0 Å². The van der Waals surface area contributed by atoms with Crippen LogP contribution in [0.15, 0.2) is 0 Å². The maximum Gasteiger partial charge on any atom is 0.306 e. The van der Waals surface area contributed by atoms with Crippen molar-refractivity contribution in [2.24, 2.45) is 0 Å². The van der Waals surface area contributed by atoms with Crippen molar-refractivity contribution in [2.45, 2.75) is 77.4 Å². The molecule has 1 fully saturated rings. The zero-order valence-corrected chi connectivity index (χ0v) is 11.9. The normalized spacial score (nSPS) is 18.4. The molecule has 1 aliphatic rings. The molecular formula is C14H24O4. The smallest absolute Gasteiger partial charge is 0.306 e. The number of carbonyl (C=O) groups is 2. The van der Waals surface area contributed by atoms with E-state index in [9.17, 15) is 9.59 Å². The molecule has 4 heteroatoms. The van der Waals surface area contributed by atoms with E-state index in [4.69, 9.17) is 9.47 Å². The van der Waals surface area contributed by atoms with Crippen LogP contribution in [0.5, 0.6) is 0 Å². The molecule has 0 saturated heterocycles. The summed E-state index contributed by atoms with van der Waals surface area (Å²) in [6, 6.07) is 0. The Labute approximate surface area is 109 Å². The Kier molecular flexibility index (Phi) is 4.77. The molecule has 0 aromatic rings. The maximum atomic E-state index is 11.8. The average Bonchev–Trinajstić information content (AvgIpc) is 2.60. The summed E-state index contributed by atoms with van der Waals surface area (Å²) >= 11 is 0. The summed E-state index contributed by atoms with van der Waals surface area (Å²) in [5, 5.41) is 0. The standard InChI is InChI=1S/C14H24O4/c1-11(15)17-13(2,3)10-7-12(16)18-14(4)8-5-6-9-14/h5-10H2,1-4H3. The molecule has 0 spiro atoms. The van der Waals surface area contributed by atoms with Crippen molar-refractivity contribution in [3.8, 4) is 0 Å². The molecule has 18 heavy (non-hydrogen) atoms. The zero-order valence-electron chi connectivity index (χ0n) is 11.9. The van der Waals surface area contributed by atoms with E-state index >= 15 is 0 Å². The van der Waals surface area contributed by atoms with Gasteiger partial charge in [0.2, 0.25) is 0 Å². The SMILES string of the molecule is CC(=O)OC(C)(C)CCC(=O)OC1(C)CCCC1. The first-order valence-corrected chi connectivity index (χ1v) is 6.64. The van der Waals surface area contributed by atoms with Crippen molar-refractivity contribution < 1.29 is 19.1 Å². The molecule has 0 heterocycles. The van der Waals surface area contributed by atoms with Crippen LogP contribution in [0, 0.1) is 0 Å². The van der Waals surface area contributed by atoms with Crippen LogP contribution in [0.3, 0.4) is 0 Å². The highest BCUT2D eigenvalue weighted by molar-refractivity contribution is 5.70. The fraction of sp³-hybridized carbons (Fsp3) is 0.857. The Morgan fingerprint density at radius 3 is 2.28 bits per heavy atom. The number of esters is 2. The predicted molar refractivity (Wildman–Crippen MR) is 68.0 cm³/mol. The summed E-state index contributed by atoms with van der Waals surface area (Å²) in [5.41, 5.74) is -0.885. The van der Waals surface area contributed by atoms with Crippen LogP contribution < -0.4 is 0 Å². The minimum atomic E-state index is -0.610. The van der Waals surface area contributed by atoms with Gasteiger partial charge in [-0.05, 0) is 52.9 Å². The van der Waals surface area contributed by atoms with Crippen LogP contribution in [0.4, 0.5) is 0 Å². The fourth-order valence-corrected chi connectivity index (χ4v) is 2.39. The van der Waals surface area contributed by atoms with Gasteiger partial charge in [0.15, 0.2) is 0 Å². The van der Waals surface area contributed by atoms with Crippen molar-refractivity contribution in [3.63, 3.8) is 0 Å². The van der Waals surface area contributed by atoms with Crippen LogP contribution in [0.25, 0.3) is 0 Å². The molecule has 0 aromatic heterocycles. The molecule has 1 saturated carbocycles. The molecule has 0 N–H and O–H groups in total. The van der Waals surface area contributed by atoms with Crippen molar-refractivity contribution in [1.29, 1.82) is 0 Å². The molecule has 4 nitrogen and oxygen atoms in total. The van der Waals surface area contributed by atoms with Crippen LogP contribution in [0.2, 0.25) is 0 Å². The third-order valence-electron chi connectivity index (χ3n) is 3.37. The Hall–Kier alpha value is -1.06. The lowest BCUT2D eigenvalue weighted by Crippen LogP contribution is -2.31. The summed E-state index contributed by atoms with van der Waals surface area (Å²) in [4.78, 5) is 22.7. The third-order valence-corrected chi connectivity index (χ3v) is 3.37. The second kappa shape index (κ2) is 5.72. The molecule has 104 valence electrons. The Morgan fingerprint density at radius 2 is 1.78 bits per heavy atom. The van der Waals surface area contributed by atoms with Crippen molar-refractivity contribution in [2.75, 3.05) is 0 Å². The summed E-state index contributed by atoms with van der Waals surface area (Å²) in [5.74, 6) is -0.518. The van der Waals surface area contributed by atoms with Crippen LogP contribution >= 0.6 is 0 Å². The minimum Gasteiger partial charge on any atom is -0.460 e. The van der Waals surface area contributed by atoms with Gasteiger partial charge in [-0.3, -0.25) is 9.59 Å². The van der Waals surface area contributed by atoms with Crippen LogP contribution in [-0.2, 0) is 19.1 Å². The van der Waals surface area contributed by atoms with Gasteiger partial charge in [-0.1, -0.05) is 0 Å². The molecule has 0 unspecified atom stereocenters. The molecule has 1 rings (SSSR count). The van der Waals surface area contributed by atoms with E-state index < -0.39 is 5.60 Å². The Bertz CT molecular complexity index is 314. The van der Waals surface area contributed by atoms with E-state index in [1.54, 1.807) is 13.8 Å². The first kappa shape index (κ1) is 15.0. The number of hydrogen-bond donors (Lipinski definition) is 0. The lowest BCUT2D eigenvalue weighted by molar-refractivity contribution is -0.163. The van der Waals surface area contributed by atoms with Gasteiger partial charge < -0.3 is 9.47 Å². The molecule has 1 aliphatic carbocycles. The predicted octanol–water partition coefficient (Wildman–Crippen LogP) is 2.98. The monoisotopic (exact) mass is 256 g/mol. The van der Waals surface area contributed by atoms with Gasteiger partial charge in [-0.25, -0.2) is 0 Å². The summed E-state index contributed by atoms with van der Waals surface area (Å²) < 4.78 is 10.7. The highest BCUT2D eigenvalue weighted by Crippen LogP contribution is 2.33. The van der Waals surface area contributed by atoms with Crippen LogP contribution in [0.1, 0.15) is 66.2 Å². The number of ether oxygens (including phenoxy) is 2. The molecule has 0 radical (unpaired) electrons. The minimum absolute atomic E-state index is 0.195. The van der Waals surface area contributed by atoms with Gasteiger partial charge >= 0.3 is 11.9 Å². The van der Waals surface area contributed by atoms with Gasteiger partial charge in [0.25, 0.3) is 0 Å². The second-order valence-corrected chi connectivity index (χ2v) is 5.98. The third kappa shape index (κ3) is 5.07. The van der Waals surface area contributed by atoms with E-state index in [1.807, 2.05) is 6.92 Å². The van der Waals surface area contributed by atoms with Gasteiger partial charge in [0.1, 0.15) is 11.2 Å². The molecular weight excluding hydrogens is 232 g/mol. The topological polar surface area (TPSA) is 52.6 Å². The van der Waals surface area contributed by atoms with Gasteiger partial charge in [-0.15, -0.1) is 0 Å². The molecule has 0 atom stereocenters. The molecule has 0 aliphatic heterocycles. The van der Waals surface area contributed by atoms with Gasteiger partial charge in [-0.2, -0.15) is 0 Å². The summed E-state index contributed by atoms with van der Waals surface area (Å²) in [6.45, 7) is 6.98. The van der Waals surface area contributed by atoms with Crippen LogP contribution in [-0.4, -0.2) is 23.1 Å². The quantitative estimate of drug-likeness (QED) is 0.710. The van der Waals surface area contributed by atoms with Gasteiger partial charge in [0, 0.05) is 13.3 Å². The summed E-state index contributed by atoms with van der Waals surface area (Å²) in [6.07, 6.45) is 4.93. The molecule has 0 bridgehead atoms. The highest BCUT2D eigenvalue weighted by atomic mass is 16.6. The highest BCUT2D eigenvalue weighted by Gasteiger charge is 2.33. The lowest BCUT2D eigenvalue weighted by Gasteiger charge is -2.27. The number of rotatable bonds is 5. The number of hydrogen-bond acceptors (Lipinski definition) is 4. The van der Waals surface area contributed by atoms with E-state index in [0.29, 0.717) is 6.42 Å². The molecule has 0 amide bonds. The number of carbonyl (C=O) groups excluding carboxylic acids is 2. The van der Waals surface area contributed by atoms with Crippen molar-refractivity contribution in [3.05, 3.63) is 0 Å². The lowest BCUT2D eigenvalue weighted by atomic mass is 10.0. The van der Waals surface area contributed by atoms with Crippen molar-refractivity contribution in [1.82, 2.24) is 0 Å². The van der Waals surface area contributed by atoms with E-state index in [2.05, 4.69) is 0 Å². The maximum absolute atomic E-state index is 11.8. The largest absolute Gasteiger partial charge is 0.460 e. The average molecular weight is 256 g/mol. The second-order valence-electron chi connectivity index (χ2n) is 5.98. The van der Waals surface area contributed by atoms with E-state index in [0.717, 1.165) is 25.7 Å². The molecule has 0 aromatic carbocycles. The summed E-state index contributed by atoms with van der Waals surface area (Å²) in [7, 11) is 0. The first-order chi connectivity index (χ1) is 8.22. The van der Waals surface area contributed by atoms with Gasteiger partial charge in [0.05, 0.1) is 0 Å². The Morgan fingerprint density at radius 1 is 1.22 bits per heavy atom. The zero-order chi connectivity index (χ0) is 13.8. The van der Waals surface area contributed by atoms with Crippen molar-refractivity contribution >= 4 is 11.9 Å². The first-order valence-electron chi connectivity index (χ1n) is 6.64.